The Balaban J connectivity index is 2.18. The molecule has 1 atom stereocenters. The molecule has 0 saturated carbocycles. The van der Waals surface area contributed by atoms with Crippen molar-refractivity contribution in [2.45, 2.75) is 50.5 Å². The van der Waals surface area contributed by atoms with Gasteiger partial charge in [-0.3, -0.25) is 4.79 Å². The lowest BCUT2D eigenvalue weighted by Crippen LogP contribution is -2.50. The number of amides is 1. The summed E-state index contributed by atoms with van der Waals surface area (Å²) in [4.78, 5) is 15.4. The fourth-order valence-corrected chi connectivity index (χ4v) is 5.53. The van der Waals surface area contributed by atoms with Crippen molar-refractivity contribution in [2.75, 3.05) is 33.4 Å². The van der Waals surface area contributed by atoms with Gasteiger partial charge in [0.2, 0.25) is 15.9 Å². The Bertz CT molecular complexity index is 735. The monoisotopic (exact) mass is 474 g/mol. The third-order valence-electron chi connectivity index (χ3n) is 5.39. The highest BCUT2D eigenvalue weighted by Gasteiger charge is 2.36. The summed E-state index contributed by atoms with van der Waals surface area (Å²) < 4.78 is 33.5. The molecule has 1 aliphatic heterocycles. The molecule has 1 saturated heterocycles. The molecule has 0 N–H and O–H groups in total. The topological polar surface area (TPSA) is 66.9 Å². The maximum atomic E-state index is 13.3. The van der Waals surface area contributed by atoms with Crippen LogP contribution in [0.2, 0.25) is 0 Å². The number of nitrogens with zero attached hydrogens (tertiary/aromatic N) is 2. The molecule has 6 nitrogen and oxygen atoms in total. The van der Waals surface area contributed by atoms with Gasteiger partial charge in [-0.25, -0.2) is 8.42 Å². The van der Waals surface area contributed by atoms with Gasteiger partial charge in [-0.2, -0.15) is 4.31 Å². The van der Waals surface area contributed by atoms with E-state index in [1.807, 2.05) is 4.90 Å². The van der Waals surface area contributed by atoms with Crippen LogP contribution in [-0.4, -0.2) is 62.9 Å². The number of hydrogen-bond donors (Lipinski definition) is 0. The van der Waals surface area contributed by atoms with Crippen LogP contribution in [0.3, 0.4) is 0 Å². The summed E-state index contributed by atoms with van der Waals surface area (Å²) in [6, 6.07) is 6.79. The molecule has 2 rings (SSSR count). The normalized spacial score (nSPS) is 18.4. The lowest BCUT2D eigenvalue weighted by atomic mass is 9.96. The number of rotatable bonds is 9. The predicted molar refractivity (Wildman–Crippen MR) is 114 cm³/mol. The molecule has 0 radical (unpaired) electrons. The highest BCUT2D eigenvalue weighted by Crippen LogP contribution is 2.27. The summed E-state index contributed by atoms with van der Waals surface area (Å²) in [6.45, 7) is 5.86. The minimum absolute atomic E-state index is 0.0430. The number of halogens is 1. The zero-order chi connectivity index (χ0) is 20.7. The SMILES string of the molecule is CCC(CC)N(CCOC)C(=O)C1CCCN(S(=O)(=O)c2ccc(Br)cc2)C1. The number of methoxy groups -OCH3 is 1. The zero-order valence-corrected chi connectivity index (χ0v) is 19.3. The van der Waals surface area contributed by atoms with E-state index >= 15 is 0 Å². The van der Waals surface area contributed by atoms with Crippen LogP contribution in [0.4, 0.5) is 0 Å². The molecule has 1 unspecified atom stereocenters. The third-order valence-corrected chi connectivity index (χ3v) is 7.80. The Morgan fingerprint density at radius 3 is 2.50 bits per heavy atom. The van der Waals surface area contributed by atoms with E-state index in [0.29, 0.717) is 26.1 Å². The molecule has 0 aromatic heterocycles. The standard InChI is InChI=1S/C20H31BrN2O4S/c1-4-18(5-2)23(13-14-27-3)20(24)16-7-6-12-22(15-16)28(25,26)19-10-8-17(21)9-11-19/h8-11,16,18H,4-7,12-15H2,1-3H3. The van der Waals surface area contributed by atoms with Crippen LogP contribution in [-0.2, 0) is 19.6 Å². The van der Waals surface area contributed by atoms with Crippen molar-refractivity contribution >= 4 is 31.9 Å². The molecule has 1 aliphatic rings. The molecule has 1 fully saturated rings. The van der Waals surface area contributed by atoms with E-state index in [1.165, 1.54) is 4.31 Å². The van der Waals surface area contributed by atoms with Gasteiger partial charge in [0.05, 0.1) is 17.4 Å². The Morgan fingerprint density at radius 1 is 1.29 bits per heavy atom. The summed E-state index contributed by atoms with van der Waals surface area (Å²) >= 11 is 3.33. The van der Waals surface area contributed by atoms with Crippen molar-refractivity contribution in [1.29, 1.82) is 0 Å². The molecule has 158 valence electrons. The first kappa shape index (κ1) is 23.3. The van der Waals surface area contributed by atoms with Gasteiger partial charge in [-0.1, -0.05) is 29.8 Å². The lowest BCUT2D eigenvalue weighted by Gasteiger charge is -2.37. The fourth-order valence-electron chi connectivity index (χ4n) is 3.74. The smallest absolute Gasteiger partial charge is 0.243 e. The lowest BCUT2D eigenvalue weighted by molar-refractivity contribution is -0.140. The molecule has 1 heterocycles. The van der Waals surface area contributed by atoms with Crippen LogP contribution in [0.25, 0.3) is 0 Å². The van der Waals surface area contributed by atoms with E-state index in [-0.39, 0.29) is 29.3 Å². The van der Waals surface area contributed by atoms with Gasteiger partial charge in [0, 0.05) is 37.3 Å². The predicted octanol–water partition coefficient (Wildman–Crippen LogP) is 3.51. The second kappa shape index (κ2) is 10.7. The Kier molecular flexibility index (Phi) is 8.92. The second-order valence-electron chi connectivity index (χ2n) is 7.15. The van der Waals surface area contributed by atoms with Crippen molar-refractivity contribution in [3.63, 3.8) is 0 Å². The van der Waals surface area contributed by atoms with Crippen molar-refractivity contribution in [2.24, 2.45) is 5.92 Å². The van der Waals surface area contributed by atoms with Crippen LogP contribution in [0.5, 0.6) is 0 Å². The molecule has 1 amide bonds. The summed E-state index contributed by atoms with van der Waals surface area (Å²) in [5.74, 6) is -0.266. The van der Waals surface area contributed by atoms with Crippen molar-refractivity contribution in [1.82, 2.24) is 9.21 Å². The fraction of sp³-hybridized carbons (Fsp3) is 0.650. The Labute approximate surface area is 177 Å². The van der Waals surface area contributed by atoms with Crippen LogP contribution in [0.1, 0.15) is 39.5 Å². The summed E-state index contributed by atoms with van der Waals surface area (Å²) in [7, 11) is -1.97. The first-order valence-corrected chi connectivity index (χ1v) is 12.1. The minimum atomic E-state index is -3.60. The maximum Gasteiger partial charge on any atom is 0.243 e. The summed E-state index contributed by atoms with van der Waals surface area (Å²) in [5, 5.41) is 0. The van der Waals surface area contributed by atoms with Crippen LogP contribution >= 0.6 is 15.9 Å². The van der Waals surface area contributed by atoms with Crippen molar-refractivity contribution in [3.05, 3.63) is 28.7 Å². The molecule has 0 aliphatic carbocycles. The average Bonchev–Trinajstić information content (AvgIpc) is 2.71. The van der Waals surface area contributed by atoms with Crippen LogP contribution in [0.15, 0.2) is 33.6 Å². The Hall–Kier alpha value is -0.960. The van der Waals surface area contributed by atoms with E-state index in [4.69, 9.17) is 4.74 Å². The van der Waals surface area contributed by atoms with Gasteiger partial charge in [-0.05, 0) is 49.9 Å². The minimum Gasteiger partial charge on any atom is -0.383 e. The molecule has 28 heavy (non-hydrogen) atoms. The van der Waals surface area contributed by atoms with Crippen molar-refractivity contribution in [3.8, 4) is 0 Å². The molecule has 1 aromatic rings. The highest BCUT2D eigenvalue weighted by molar-refractivity contribution is 9.10. The van der Waals surface area contributed by atoms with Crippen LogP contribution in [0, 0.1) is 5.92 Å². The van der Waals surface area contributed by atoms with Gasteiger partial charge in [0.15, 0.2) is 0 Å². The largest absolute Gasteiger partial charge is 0.383 e. The molecular weight excluding hydrogens is 444 g/mol. The third kappa shape index (κ3) is 5.55. The number of benzene rings is 1. The molecule has 1 aromatic carbocycles. The molecule has 8 heteroatoms. The van der Waals surface area contributed by atoms with E-state index in [2.05, 4.69) is 29.8 Å². The summed E-state index contributed by atoms with van der Waals surface area (Å²) in [6.07, 6.45) is 3.15. The Morgan fingerprint density at radius 2 is 1.93 bits per heavy atom. The molecule has 0 bridgehead atoms. The number of carbonyl (C=O) groups is 1. The van der Waals surface area contributed by atoms with E-state index < -0.39 is 10.0 Å². The summed E-state index contributed by atoms with van der Waals surface area (Å²) in [5.41, 5.74) is 0. The number of carbonyl (C=O) groups excluding carboxylic acids is 1. The number of piperidine rings is 1. The van der Waals surface area contributed by atoms with Crippen molar-refractivity contribution < 1.29 is 17.9 Å². The van der Waals surface area contributed by atoms with Gasteiger partial charge in [0.1, 0.15) is 0 Å². The van der Waals surface area contributed by atoms with E-state index in [9.17, 15) is 13.2 Å². The number of sulfonamides is 1. The van der Waals surface area contributed by atoms with Gasteiger partial charge >= 0.3 is 0 Å². The van der Waals surface area contributed by atoms with Gasteiger partial charge < -0.3 is 9.64 Å². The van der Waals surface area contributed by atoms with Gasteiger partial charge in [0.25, 0.3) is 0 Å². The van der Waals surface area contributed by atoms with Gasteiger partial charge in [-0.15, -0.1) is 0 Å². The maximum absolute atomic E-state index is 13.3. The van der Waals surface area contributed by atoms with Crippen LogP contribution < -0.4 is 0 Å². The number of hydrogen-bond acceptors (Lipinski definition) is 4. The highest BCUT2D eigenvalue weighted by atomic mass is 79.9. The van der Waals surface area contributed by atoms with E-state index in [0.717, 1.165) is 23.7 Å². The first-order chi connectivity index (χ1) is 13.3. The molecule has 0 spiro atoms. The zero-order valence-electron chi connectivity index (χ0n) is 16.9. The average molecular weight is 475 g/mol. The second-order valence-corrected chi connectivity index (χ2v) is 10.0. The molecular formula is C20H31BrN2O4S. The first-order valence-electron chi connectivity index (χ1n) is 9.90. The number of ether oxygens (including phenoxy) is 1. The van der Waals surface area contributed by atoms with E-state index in [1.54, 1.807) is 31.4 Å². The quantitative estimate of drug-likeness (QED) is 0.548.